The van der Waals surface area contributed by atoms with Gasteiger partial charge in [-0.15, -0.1) is 0 Å². The van der Waals surface area contributed by atoms with Crippen molar-refractivity contribution in [3.63, 3.8) is 0 Å². The fraction of sp³-hybridized carbons (Fsp3) is 0.533. The summed E-state index contributed by atoms with van der Waals surface area (Å²) in [5, 5.41) is 9.06. The normalized spacial score (nSPS) is 16.7. The smallest absolute Gasteiger partial charge is 0.320 e. The van der Waals surface area contributed by atoms with Crippen molar-refractivity contribution >= 4 is 5.97 Å². The summed E-state index contributed by atoms with van der Waals surface area (Å²) < 4.78 is 5.63. The molecule has 19 heavy (non-hydrogen) atoms. The van der Waals surface area contributed by atoms with Crippen LogP contribution in [0.3, 0.4) is 0 Å². The van der Waals surface area contributed by atoms with Gasteiger partial charge in [0.15, 0.2) is 0 Å². The molecule has 1 aromatic rings. The Morgan fingerprint density at radius 3 is 2.95 bits per heavy atom. The molecular formula is C15H21NO3. The maximum Gasteiger partial charge on any atom is 0.320 e. The van der Waals surface area contributed by atoms with Crippen LogP contribution in [-0.2, 0) is 17.8 Å². The molecular weight excluding hydrogens is 242 g/mol. The van der Waals surface area contributed by atoms with Gasteiger partial charge in [-0.3, -0.25) is 9.69 Å². The lowest BCUT2D eigenvalue weighted by Crippen LogP contribution is -2.42. The molecule has 104 valence electrons. The van der Waals surface area contributed by atoms with E-state index < -0.39 is 12.0 Å². The van der Waals surface area contributed by atoms with Gasteiger partial charge >= 0.3 is 5.97 Å². The van der Waals surface area contributed by atoms with Crippen LogP contribution in [0.4, 0.5) is 0 Å². The van der Waals surface area contributed by atoms with Gasteiger partial charge in [-0.2, -0.15) is 0 Å². The van der Waals surface area contributed by atoms with Crippen LogP contribution in [0.2, 0.25) is 0 Å². The molecule has 0 aromatic heterocycles. The lowest BCUT2D eigenvalue weighted by Gasteiger charge is -2.31. The highest BCUT2D eigenvalue weighted by Gasteiger charge is 2.24. The Morgan fingerprint density at radius 2 is 2.26 bits per heavy atom. The Hall–Kier alpha value is -1.55. The Labute approximate surface area is 114 Å². The van der Waals surface area contributed by atoms with Crippen LogP contribution in [0.1, 0.15) is 31.4 Å². The van der Waals surface area contributed by atoms with Crippen LogP contribution in [-0.4, -0.2) is 35.2 Å². The molecule has 0 aliphatic carbocycles. The van der Waals surface area contributed by atoms with Crippen LogP contribution in [0, 0.1) is 0 Å². The lowest BCUT2D eigenvalue weighted by atomic mass is 9.98. The lowest BCUT2D eigenvalue weighted by molar-refractivity contribution is -0.143. The van der Waals surface area contributed by atoms with Gasteiger partial charge in [-0.25, -0.2) is 0 Å². The zero-order chi connectivity index (χ0) is 13.8. The van der Waals surface area contributed by atoms with E-state index >= 15 is 0 Å². The summed E-state index contributed by atoms with van der Waals surface area (Å²) >= 11 is 0. The summed E-state index contributed by atoms with van der Waals surface area (Å²) in [4.78, 5) is 13.0. The van der Waals surface area contributed by atoms with Crippen LogP contribution in [0.5, 0.6) is 5.75 Å². The summed E-state index contributed by atoms with van der Waals surface area (Å²) in [6.45, 7) is 6.06. The molecule has 0 bridgehead atoms. The number of rotatable bonds is 5. The molecule has 1 unspecified atom stereocenters. The van der Waals surface area contributed by atoms with E-state index in [-0.39, 0.29) is 0 Å². The third-order valence-electron chi connectivity index (χ3n) is 3.60. The number of carboxylic acids is 1. The standard InChI is InChI=1S/C15H21NO3/c1-3-8-19-14-5-4-13-10-16(11(2)15(17)18)7-6-12(13)9-14/h4-5,9,11H,3,6-8,10H2,1-2H3,(H,17,18). The highest BCUT2D eigenvalue weighted by molar-refractivity contribution is 5.72. The molecule has 0 spiro atoms. The predicted octanol–water partition coefficient (Wildman–Crippen LogP) is 2.31. The second-order valence-electron chi connectivity index (χ2n) is 5.01. The monoisotopic (exact) mass is 263 g/mol. The number of benzene rings is 1. The van der Waals surface area contributed by atoms with Gasteiger partial charge in [0, 0.05) is 13.1 Å². The molecule has 1 aliphatic heterocycles. The van der Waals surface area contributed by atoms with Crippen LogP contribution < -0.4 is 4.74 Å². The van der Waals surface area contributed by atoms with E-state index in [2.05, 4.69) is 19.1 Å². The van der Waals surface area contributed by atoms with Gasteiger partial charge in [0.2, 0.25) is 0 Å². The highest BCUT2D eigenvalue weighted by Crippen LogP contribution is 2.25. The molecule has 1 aromatic carbocycles. The number of fused-ring (bicyclic) bond motifs is 1. The van der Waals surface area contributed by atoms with Gasteiger partial charge in [-0.05, 0) is 43.0 Å². The van der Waals surface area contributed by atoms with E-state index in [0.717, 1.165) is 31.7 Å². The summed E-state index contributed by atoms with van der Waals surface area (Å²) in [5.41, 5.74) is 2.49. The average molecular weight is 263 g/mol. The fourth-order valence-electron chi connectivity index (χ4n) is 2.35. The molecule has 1 N–H and O–H groups in total. The molecule has 0 saturated heterocycles. The molecule has 1 atom stereocenters. The third-order valence-corrected chi connectivity index (χ3v) is 3.60. The molecule has 4 nitrogen and oxygen atoms in total. The van der Waals surface area contributed by atoms with Crippen molar-refractivity contribution in [1.82, 2.24) is 4.90 Å². The maximum absolute atomic E-state index is 11.0. The molecule has 0 radical (unpaired) electrons. The van der Waals surface area contributed by atoms with Crippen molar-refractivity contribution in [2.75, 3.05) is 13.2 Å². The van der Waals surface area contributed by atoms with Crippen LogP contribution >= 0.6 is 0 Å². The quantitative estimate of drug-likeness (QED) is 0.885. The SMILES string of the molecule is CCCOc1ccc2c(c1)CCN(C(C)C(=O)O)C2. The van der Waals surface area contributed by atoms with Crippen molar-refractivity contribution in [1.29, 1.82) is 0 Å². The zero-order valence-electron chi connectivity index (χ0n) is 11.6. The van der Waals surface area contributed by atoms with E-state index in [1.54, 1.807) is 6.92 Å². The first-order chi connectivity index (χ1) is 9.11. The molecule has 2 rings (SSSR count). The Balaban J connectivity index is 2.08. The number of hydrogen-bond acceptors (Lipinski definition) is 3. The number of carbonyl (C=O) groups is 1. The van der Waals surface area contributed by atoms with Crippen molar-refractivity contribution < 1.29 is 14.6 Å². The fourth-order valence-corrected chi connectivity index (χ4v) is 2.35. The minimum absolute atomic E-state index is 0.427. The molecule has 0 fully saturated rings. The van der Waals surface area contributed by atoms with Gasteiger partial charge in [0.1, 0.15) is 11.8 Å². The van der Waals surface area contributed by atoms with Crippen molar-refractivity contribution in [2.45, 2.75) is 39.3 Å². The number of ether oxygens (including phenoxy) is 1. The van der Waals surface area contributed by atoms with Crippen LogP contribution in [0.15, 0.2) is 18.2 Å². The van der Waals surface area contributed by atoms with E-state index in [9.17, 15) is 4.79 Å². The van der Waals surface area contributed by atoms with E-state index in [4.69, 9.17) is 9.84 Å². The minimum atomic E-state index is -0.758. The molecule has 1 heterocycles. The first-order valence-corrected chi connectivity index (χ1v) is 6.83. The van der Waals surface area contributed by atoms with Crippen molar-refractivity contribution in [2.24, 2.45) is 0 Å². The van der Waals surface area contributed by atoms with E-state index in [1.807, 2.05) is 11.0 Å². The minimum Gasteiger partial charge on any atom is -0.494 e. The predicted molar refractivity (Wildman–Crippen MR) is 73.4 cm³/mol. The van der Waals surface area contributed by atoms with Gasteiger partial charge < -0.3 is 9.84 Å². The summed E-state index contributed by atoms with van der Waals surface area (Å²) in [7, 11) is 0. The van der Waals surface area contributed by atoms with Gasteiger partial charge in [0.05, 0.1) is 6.61 Å². The number of carboxylic acid groups (broad SMARTS) is 1. The molecule has 0 saturated carbocycles. The van der Waals surface area contributed by atoms with Crippen LogP contribution in [0.25, 0.3) is 0 Å². The summed E-state index contributed by atoms with van der Waals surface area (Å²) in [6.07, 6.45) is 1.89. The number of hydrogen-bond donors (Lipinski definition) is 1. The van der Waals surface area contributed by atoms with Gasteiger partial charge in [0.25, 0.3) is 0 Å². The van der Waals surface area contributed by atoms with Crippen molar-refractivity contribution in [3.8, 4) is 5.75 Å². The number of nitrogens with zero attached hydrogens (tertiary/aromatic N) is 1. The second kappa shape index (κ2) is 6.06. The highest BCUT2D eigenvalue weighted by atomic mass is 16.5. The van der Waals surface area contributed by atoms with E-state index in [0.29, 0.717) is 6.54 Å². The Kier molecular flexibility index (Phi) is 4.43. The molecule has 0 amide bonds. The summed E-state index contributed by atoms with van der Waals surface area (Å²) in [6, 6.07) is 5.70. The Bertz CT molecular complexity index is 459. The Morgan fingerprint density at radius 1 is 1.47 bits per heavy atom. The molecule has 4 heteroatoms. The maximum atomic E-state index is 11.0. The second-order valence-corrected chi connectivity index (χ2v) is 5.01. The van der Waals surface area contributed by atoms with E-state index in [1.165, 1.54) is 11.1 Å². The van der Waals surface area contributed by atoms with Gasteiger partial charge in [-0.1, -0.05) is 13.0 Å². The third kappa shape index (κ3) is 3.26. The molecule has 1 aliphatic rings. The number of aliphatic carboxylic acids is 1. The largest absolute Gasteiger partial charge is 0.494 e. The first-order valence-electron chi connectivity index (χ1n) is 6.83. The average Bonchev–Trinajstić information content (AvgIpc) is 2.43. The summed E-state index contributed by atoms with van der Waals surface area (Å²) in [5.74, 6) is 0.159. The van der Waals surface area contributed by atoms with Crippen molar-refractivity contribution in [3.05, 3.63) is 29.3 Å². The zero-order valence-corrected chi connectivity index (χ0v) is 11.6. The first kappa shape index (κ1) is 13.9. The topological polar surface area (TPSA) is 49.8 Å².